The lowest BCUT2D eigenvalue weighted by atomic mass is 10.1. The van der Waals surface area contributed by atoms with Crippen molar-refractivity contribution in [3.05, 3.63) is 47.3 Å². The fraction of sp³-hybridized carbons (Fsp3) is 0.348. The number of rotatable bonds is 6. The Morgan fingerprint density at radius 2 is 1.61 bits per heavy atom. The van der Waals surface area contributed by atoms with E-state index in [0.717, 1.165) is 16.8 Å². The van der Waals surface area contributed by atoms with E-state index in [1.54, 1.807) is 38.4 Å². The van der Waals surface area contributed by atoms with Crippen LogP contribution in [0.5, 0.6) is 17.2 Å². The van der Waals surface area contributed by atoms with Crippen LogP contribution in [-0.4, -0.2) is 43.9 Å². The third kappa shape index (κ3) is 3.93. The number of amides is 1. The molecule has 0 radical (unpaired) electrons. The van der Waals surface area contributed by atoms with Gasteiger partial charge >= 0.3 is 0 Å². The average molecular weight is 423 g/mol. The molecule has 3 aromatic rings. The predicted octanol–water partition coefficient (Wildman–Crippen LogP) is 3.90. The zero-order valence-corrected chi connectivity index (χ0v) is 18.3. The number of nitrogens with zero attached hydrogens (tertiary/aromatic N) is 3. The minimum Gasteiger partial charge on any atom is -0.493 e. The van der Waals surface area contributed by atoms with E-state index < -0.39 is 0 Å². The Morgan fingerprint density at radius 3 is 2.19 bits per heavy atom. The molecule has 1 aliphatic rings. The van der Waals surface area contributed by atoms with Gasteiger partial charge in [-0.25, -0.2) is 0 Å². The third-order valence-electron chi connectivity index (χ3n) is 5.36. The van der Waals surface area contributed by atoms with E-state index in [0.29, 0.717) is 47.5 Å². The first-order chi connectivity index (χ1) is 14.9. The van der Waals surface area contributed by atoms with E-state index in [1.807, 2.05) is 26.0 Å². The number of methoxy groups -OCH3 is 3. The highest BCUT2D eigenvalue weighted by Gasteiger charge is 2.35. The first kappa shape index (κ1) is 20.7. The number of ether oxygens (including phenoxy) is 3. The maximum absolute atomic E-state index is 12.7. The molecular formula is C23H25N3O5. The normalized spacial score (nSPS) is 16.0. The van der Waals surface area contributed by atoms with Gasteiger partial charge in [0.1, 0.15) is 0 Å². The maximum Gasteiger partial charge on any atom is 0.232 e. The fourth-order valence-electron chi connectivity index (χ4n) is 3.96. The van der Waals surface area contributed by atoms with Crippen LogP contribution in [0.15, 0.2) is 34.9 Å². The lowest BCUT2D eigenvalue weighted by molar-refractivity contribution is -0.117. The molecule has 4 rings (SSSR count). The topological polar surface area (TPSA) is 86.9 Å². The number of hydrogen-bond acceptors (Lipinski definition) is 7. The van der Waals surface area contributed by atoms with Crippen molar-refractivity contribution >= 4 is 11.6 Å². The summed E-state index contributed by atoms with van der Waals surface area (Å²) in [5.41, 5.74) is 3.80. The van der Waals surface area contributed by atoms with Gasteiger partial charge in [0.15, 0.2) is 11.5 Å². The Bertz CT molecular complexity index is 1080. The smallest absolute Gasteiger partial charge is 0.232 e. The number of aromatic nitrogens is 2. The van der Waals surface area contributed by atoms with Gasteiger partial charge in [0, 0.05) is 24.2 Å². The summed E-state index contributed by atoms with van der Waals surface area (Å²) in [7, 11) is 4.65. The Labute approximate surface area is 180 Å². The first-order valence-electron chi connectivity index (χ1n) is 9.96. The van der Waals surface area contributed by atoms with Gasteiger partial charge in [0.05, 0.1) is 27.2 Å². The van der Waals surface area contributed by atoms with Crippen molar-refractivity contribution in [1.29, 1.82) is 0 Å². The first-order valence-corrected chi connectivity index (χ1v) is 9.96. The average Bonchev–Trinajstić information content (AvgIpc) is 3.38. The molecule has 2 heterocycles. The zero-order valence-electron chi connectivity index (χ0n) is 18.3. The molecule has 162 valence electrons. The van der Waals surface area contributed by atoms with Crippen molar-refractivity contribution in [2.24, 2.45) is 0 Å². The van der Waals surface area contributed by atoms with Crippen molar-refractivity contribution in [2.75, 3.05) is 32.8 Å². The monoisotopic (exact) mass is 423 g/mol. The van der Waals surface area contributed by atoms with Crippen LogP contribution in [0.25, 0.3) is 11.4 Å². The van der Waals surface area contributed by atoms with Crippen LogP contribution < -0.4 is 19.1 Å². The highest BCUT2D eigenvalue weighted by Crippen LogP contribution is 2.41. The number of hydrogen-bond donors (Lipinski definition) is 0. The summed E-state index contributed by atoms with van der Waals surface area (Å²) < 4.78 is 21.7. The molecule has 1 aromatic heterocycles. The van der Waals surface area contributed by atoms with E-state index >= 15 is 0 Å². The molecule has 0 saturated carbocycles. The molecular weight excluding hydrogens is 398 g/mol. The standard InChI is InChI=1S/C23H25N3O5/c1-13-6-14(2)8-17(7-13)26-12-16(11-20(26)27)23-24-22(25-31-23)15-9-18(28-3)21(30-5)19(10-15)29-4/h6-10,16H,11-12H2,1-5H3. The van der Waals surface area contributed by atoms with E-state index in [-0.39, 0.29) is 11.8 Å². The molecule has 2 aromatic carbocycles. The van der Waals surface area contributed by atoms with Crippen molar-refractivity contribution in [3.8, 4) is 28.6 Å². The quantitative estimate of drug-likeness (QED) is 0.594. The van der Waals surface area contributed by atoms with Gasteiger partial charge in [0.2, 0.25) is 23.4 Å². The molecule has 1 atom stereocenters. The zero-order chi connectivity index (χ0) is 22.1. The van der Waals surface area contributed by atoms with E-state index in [2.05, 4.69) is 16.2 Å². The summed E-state index contributed by atoms with van der Waals surface area (Å²) >= 11 is 0. The summed E-state index contributed by atoms with van der Waals surface area (Å²) in [5.74, 6) is 2.19. The molecule has 1 saturated heterocycles. The van der Waals surface area contributed by atoms with Crippen molar-refractivity contribution < 1.29 is 23.5 Å². The minimum atomic E-state index is -0.170. The van der Waals surface area contributed by atoms with Crippen LogP contribution in [0.2, 0.25) is 0 Å². The van der Waals surface area contributed by atoms with E-state index in [4.69, 9.17) is 18.7 Å². The predicted molar refractivity (Wildman–Crippen MR) is 115 cm³/mol. The second kappa shape index (κ2) is 8.29. The van der Waals surface area contributed by atoms with Crippen LogP contribution in [0.4, 0.5) is 5.69 Å². The van der Waals surface area contributed by atoms with Gasteiger partial charge in [-0.05, 0) is 49.2 Å². The van der Waals surface area contributed by atoms with Gasteiger partial charge in [-0.1, -0.05) is 11.2 Å². The molecule has 0 bridgehead atoms. The fourth-order valence-corrected chi connectivity index (χ4v) is 3.96. The largest absolute Gasteiger partial charge is 0.493 e. The van der Waals surface area contributed by atoms with E-state index in [1.165, 1.54) is 0 Å². The number of carbonyl (C=O) groups excluding carboxylic acids is 1. The second-order valence-electron chi connectivity index (χ2n) is 7.62. The maximum atomic E-state index is 12.7. The molecule has 1 amide bonds. The van der Waals surface area contributed by atoms with Crippen LogP contribution in [-0.2, 0) is 4.79 Å². The number of carbonyl (C=O) groups is 1. The molecule has 1 fully saturated rings. The summed E-state index contributed by atoms with van der Waals surface area (Å²) in [6, 6.07) is 9.64. The Hall–Kier alpha value is -3.55. The molecule has 0 spiro atoms. The van der Waals surface area contributed by atoms with Crippen molar-refractivity contribution in [2.45, 2.75) is 26.2 Å². The number of anilines is 1. The van der Waals surface area contributed by atoms with E-state index in [9.17, 15) is 4.79 Å². The molecule has 0 N–H and O–H groups in total. The molecule has 8 heteroatoms. The highest BCUT2D eigenvalue weighted by atomic mass is 16.5. The van der Waals surface area contributed by atoms with Gasteiger partial charge in [0.25, 0.3) is 0 Å². The molecule has 1 aliphatic heterocycles. The molecule has 8 nitrogen and oxygen atoms in total. The second-order valence-corrected chi connectivity index (χ2v) is 7.62. The summed E-state index contributed by atoms with van der Waals surface area (Å²) in [4.78, 5) is 19.0. The van der Waals surface area contributed by atoms with Gasteiger partial charge in [-0.3, -0.25) is 4.79 Å². The molecule has 0 aliphatic carbocycles. The Morgan fingerprint density at radius 1 is 0.968 bits per heavy atom. The van der Waals surface area contributed by atoms with Gasteiger partial charge in [-0.15, -0.1) is 0 Å². The number of benzene rings is 2. The lowest BCUT2D eigenvalue weighted by Crippen LogP contribution is -2.24. The summed E-state index contributed by atoms with van der Waals surface area (Å²) in [6.45, 7) is 4.55. The Balaban J connectivity index is 1.60. The number of aryl methyl sites for hydroxylation is 2. The van der Waals surface area contributed by atoms with Crippen LogP contribution in [0.1, 0.15) is 29.4 Å². The van der Waals surface area contributed by atoms with Crippen LogP contribution in [0.3, 0.4) is 0 Å². The highest BCUT2D eigenvalue weighted by molar-refractivity contribution is 5.96. The van der Waals surface area contributed by atoms with Crippen LogP contribution >= 0.6 is 0 Å². The Kier molecular flexibility index (Phi) is 5.54. The summed E-state index contributed by atoms with van der Waals surface area (Å²) in [6.07, 6.45) is 0.323. The summed E-state index contributed by atoms with van der Waals surface area (Å²) in [5, 5.41) is 4.12. The van der Waals surface area contributed by atoms with Crippen LogP contribution in [0, 0.1) is 13.8 Å². The SMILES string of the molecule is COc1cc(-c2noc(C3CC(=O)N(c4cc(C)cc(C)c4)C3)n2)cc(OC)c1OC. The van der Waals surface area contributed by atoms with Crippen molar-refractivity contribution in [1.82, 2.24) is 10.1 Å². The molecule has 1 unspecified atom stereocenters. The van der Waals surface area contributed by atoms with Gasteiger partial charge in [-0.2, -0.15) is 4.98 Å². The molecule has 31 heavy (non-hydrogen) atoms. The lowest BCUT2D eigenvalue weighted by Gasteiger charge is -2.17. The van der Waals surface area contributed by atoms with Gasteiger partial charge < -0.3 is 23.6 Å². The minimum absolute atomic E-state index is 0.0440. The third-order valence-corrected chi connectivity index (χ3v) is 5.36. The van der Waals surface area contributed by atoms with Crippen molar-refractivity contribution in [3.63, 3.8) is 0 Å².